The zero-order valence-electron chi connectivity index (χ0n) is 21.5. The van der Waals surface area contributed by atoms with E-state index in [1.54, 1.807) is 12.3 Å². The molecule has 0 saturated carbocycles. The van der Waals surface area contributed by atoms with Gasteiger partial charge in [-0.25, -0.2) is 9.97 Å². The molecule has 2 amide bonds. The summed E-state index contributed by atoms with van der Waals surface area (Å²) in [5.41, 5.74) is 2.81. The summed E-state index contributed by atoms with van der Waals surface area (Å²) in [6.07, 6.45) is 7.17. The molecule has 2 saturated heterocycles. The predicted octanol–water partition coefficient (Wildman–Crippen LogP) is 4.06. The van der Waals surface area contributed by atoms with Gasteiger partial charge in [-0.05, 0) is 55.2 Å². The second-order valence-corrected chi connectivity index (χ2v) is 10.9. The van der Waals surface area contributed by atoms with Crippen LogP contribution in [0.1, 0.15) is 34.5 Å². The highest BCUT2D eigenvalue weighted by Crippen LogP contribution is 2.30. The van der Waals surface area contributed by atoms with Crippen molar-refractivity contribution in [2.75, 3.05) is 25.1 Å². The van der Waals surface area contributed by atoms with Crippen LogP contribution in [-0.4, -0.2) is 63.1 Å². The van der Waals surface area contributed by atoms with Crippen LogP contribution in [-0.2, 0) is 22.6 Å². The van der Waals surface area contributed by atoms with E-state index >= 15 is 0 Å². The second-order valence-electron chi connectivity index (χ2n) is 9.83. The maximum Gasteiger partial charge on any atom is 0.268 e. The molecule has 10 nitrogen and oxygen atoms in total. The summed E-state index contributed by atoms with van der Waals surface area (Å²) < 4.78 is 12.8. The van der Waals surface area contributed by atoms with Gasteiger partial charge in [0.1, 0.15) is 0 Å². The van der Waals surface area contributed by atoms with E-state index in [1.165, 1.54) is 23.8 Å². The van der Waals surface area contributed by atoms with Crippen molar-refractivity contribution in [2.24, 2.45) is 0 Å². The number of hydrogen-bond acceptors (Lipinski definition) is 8. The molecule has 2 atom stereocenters. The zero-order chi connectivity index (χ0) is 26.8. The number of hydrogen-bond donors (Lipinski definition) is 2. The molecule has 202 valence electrons. The Hall–Kier alpha value is -3.80. The Kier molecular flexibility index (Phi) is 7.27. The molecule has 11 heteroatoms. The number of ether oxygens (including phenoxy) is 1. The van der Waals surface area contributed by atoms with Crippen LogP contribution in [0, 0.1) is 0 Å². The monoisotopic (exact) mass is 546 g/mol. The number of anilines is 1. The number of rotatable bonds is 9. The summed E-state index contributed by atoms with van der Waals surface area (Å²) in [6.45, 7) is 7.12. The molecule has 0 bridgehead atoms. The summed E-state index contributed by atoms with van der Waals surface area (Å²) in [6, 6.07) is 10.1. The van der Waals surface area contributed by atoms with Gasteiger partial charge in [0.05, 0.1) is 39.6 Å². The number of fused-ring (bicyclic) bond motifs is 1. The van der Waals surface area contributed by atoms with Crippen molar-refractivity contribution in [3.05, 3.63) is 66.0 Å². The van der Waals surface area contributed by atoms with Crippen molar-refractivity contribution in [3.63, 3.8) is 0 Å². The van der Waals surface area contributed by atoms with E-state index in [9.17, 15) is 9.59 Å². The highest BCUT2D eigenvalue weighted by Gasteiger charge is 2.29. The third-order valence-corrected chi connectivity index (χ3v) is 8.39. The van der Waals surface area contributed by atoms with Gasteiger partial charge in [-0.2, -0.15) is 0 Å². The Morgan fingerprint density at radius 1 is 1.23 bits per heavy atom. The molecule has 2 fully saturated rings. The van der Waals surface area contributed by atoms with Crippen molar-refractivity contribution in [1.82, 2.24) is 24.8 Å². The van der Waals surface area contributed by atoms with Gasteiger partial charge >= 0.3 is 0 Å². The number of amides is 2. The van der Waals surface area contributed by atoms with E-state index in [0.717, 1.165) is 54.0 Å². The second kappa shape index (κ2) is 11.1. The maximum atomic E-state index is 13.3. The van der Waals surface area contributed by atoms with Crippen LogP contribution < -0.4 is 10.6 Å². The minimum atomic E-state index is -0.254. The van der Waals surface area contributed by atoms with Gasteiger partial charge in [-0.3, -0.25) is 14.9 Å². The third-order valence-electron chi connectivity index (χ3n) is 7.30. The Morgan fingerprint density at radius 3 is 2.95 bits per heavy atom. The quantitative estimate of drug-likeness (QED) is 0.304. The number of oxazole rings is 1. The predicted molar refractivity (Wildman–Crippen MR) is 148 cm³/mol. The lowest BCUT2D eigenvalue weighted by Gasteiger charge is -2.24. The summed E-state index contributed by atoms with van der Waals surface area (Å²) >= 11 is 1.33. The van der Waals surface area contributed by atoms with Gasteiger partial charge in [-0.15, -0.1) is 11.3 Å². The summed E-state index contributed by atoms with van der Waals surface area (Å²) in [5, 5.41) is 6.57. The molecule has 2 aliphatic heterocycles. The van der Waals surface area contributed by atoms with Crippen molar-refractivity contribution in [2.45, 2.75) is 44.4 Å². The molecule has 0 radical (unpaired) electrons. The first-order valence-corrected chi connectivity index (χ1v) is 13.9. The lowest BCUT2D eigenvalue weighted by atomic mass is 10.1. The Labute approximate surface area is 229 Å². The number of nitrogens with one attached hydrogen (secondary N) is 2. The number of likely N-dealkylation sites (tertiary alicyclic amines) is 1. The van der Waals surface area contributed by atoms with Crippen molar-refractivity contribution < 1.29 is 18.7 Å². The smallest absolute Gasteiger partial charge is 0.268 e. The van der Waals surface area contributed by atoms with Gasteiger partial charge in [0, 0.05) is 32.3 Å². The normalized spacial score (nSPS) is 19.1. The largest absolute Gasteiger partial charge is 0.443 e. The van der Waals surface area contributed by atoms with E-state index in [1.807, 2.05) is 21.6 Å². The summed E-state index contributed by atoms with van der Waals surface area (Å²) in [7, 11) is 0. The molecule has 2 aliphatic rings. The van der Waals surface area contributed by atoms with Crippen LogP contribution in [0.5, 0.6) is 0 Å². The lowest BCUT2D eigenvalue weighted by molar-refractivity contribution is -0.126. The van der Waals surface area contributed by atoms with Gasteiger partial charge < -0.3 is 23.9 Å². The first-order valence-electron chi connectivity index (χ1n) is 13.1. The zero-order valence-corrected chi connectivity index (χ0v) is 22.3. The van der Waals surface area contributed by atoms with Crippen molar-refractivity contribution in [3.8, 4) is 10.6 Å². The van der Waals surface area contributed by atoms with Crippen LogP contribution in [0.25, 0.3) is 21.7 Å². The van der Waals surface area contributed by atoms with Crippen LogP contribution in [0.2, 0.25) is 0 Å². The molecule has 4 aromatic rings. The maximum absolute atomic E-state index is 13.3. The highest BCUT2D eigenvalue weighted by molar-refractivity contribution is 7.17. The molecule has 3 aromatic heterocycles. The first-order chi connectivity index (χ1) is 19.1. The summed E-state index contributed by atoms with van der Waals surface area (Å²) in [5.74, 6) is 0.743. The Bertz CT molecular complexity index is 1490. The fraction of sp³-hybridized carbons (Fsp3) is 0.357. The molecule has 2 unspecified atom stereocenters. The molecular weight excluding hydrogens is 516 g/mol. The number of carbonyl (C=O) groups is 2. The van der Waals surface area contributed by atoms with Crippen LogP contribution in [0.3, 0.4) is 0 Å². The van der Waals surface area contributed by atoms with Gasteiger partial charge in [0.25, 0.3) is 5.91 Å². The Morgan fingerprint density at radius 2 is 2.15 bits per heavy atom. The molecule has 5 heterocycles. The van der Waals surface area contributed by atoms with Gasteiger partial charge in [-0.1, -0.05) is 12.6 Å². The van der Waals surface area contributed by atoms with E-state index in [0.29, 0.717) is 42.3 Å². The molecule has 39 heavy (non-hydrogen) atoms. The van der Waals surface area contributed by atoms with E-state index in [2.05, 4.69) is 34.3 Å². The third kappa shape index (κ3) is 5.38. The molecule has 6 rings (SSSR count). The fourth-order valence-corrected chi connectivity index (χ4v) is 6.11. The topological polar surface area (TPSA) is 115 Å². The van der Waals surface area contributed by atoms with Crippen LogP contribution in [0.4, 0.5) is 5.95 Å². The standard InChI is InChI=1S/C28H30N6O4S/c1-2-26(35)33-10-3-4-20(33)15-34-22-6-5-18(13-30-19-9-11-37-16-19)12-21(22)31-28(34)32-27(36)25-8-7-24(39-25)23-14-29-17-38-23/h2,5-8,12,14,17,19-20,30H,1,3-4,9-11,13,15-16H2,(H,31,32,36). The molecule has 1 aromatic carbocycles. The Balaban J connectivity index is 1.28. The average molecular weight is 547 g/mol. The number of benzene rings is 1. The number of carbonyl (C=O) groups excluding carboxylic acids is 2. The van der Waals surface area contributed by atoms with Crippen LogP contribution >= 0.6 is 11.3 Å². The molecule has 0 spiro atoms. The van der Waals surface area contributed by atoms with Gasteiger partial charge in [0.15, 0.2) is 12.2 Å². The number of thiophene rings is 1. The van der Waals surface area contributed by atoms with E-state index in [4.69, 9.17) is 14.1 Å². The number of nitrogens with zero attached hydrogens (tertiary/aromatic N) is 4. The molecular formula is C28H30N6O4S. The number of imidazole rings is 1. The lowest BCUT2D eigenvalue weighted by Crippen LogP contribution is -2.37. The fourth-order valence-electron chi connectivity index (χ4n) is 5.26. The highest BCUT2D eigenvalue weighted by atomic mass is 32.1. The van der Waals surface area contributed by atoms with E-state index in [-0.39, 0.29) is 17.9 Å². The van der Waals surface area contributed by atoms with E-state index < -0.39 is 0 Å². The summed E-state index contributed by atoms with van der Waals surface area (Å²) in [4.78, 5) is 37.8. The number of aromatic nitrogens is 3. The van der Waals surface area contributed by atoms with Crippen LogP contribution in [0.15, 0.2) is 60.0 Å². The molecule has 2 N–H and O–H groups in total. The van der Waals surface area contributed by atoms with Crippen molar-refractivity contribution >= 4 is 40.1 Å². The minimum Gasteiger partial charge on any atom is -0.443 e. The molecule has 0 aliphatic carbocycles. The first kappa shape index (κ1) is 25.5. The SMILES string of the molecule is C=CC(=O)N1CCCC1Cn1c(NC(=O)c2ccc(-c3cnco3)s2)nc2cc(CNC3CCOC3)ccc21. The van der Waals surface area contributed by atoms with Gasteiger partial charge in [0.2, 0.25) is 11.9 Å². The minimum absolute atomic E-state index is 0.00736. The van der Waals surface area contributed by atoms with Crippen molar-refractivity contribution in [1.29, 1.82) is 0 Å². The average Bonchev–Trinajstić information content (AvgIpc) is 3.78.